The maximum Gasteiger partial charge on any atom is 0.243 e. The fourth-order valence-electron chi connectivity index (χ4n) is 3.09. The van der Waals surface area contributed by atoms with E-state index in [1.165, 1.54) is 19.1 Å². The Bertz CT molecular complexity index is 864. The summed E-state index contributed by atoms with van der Waals surface area (Å²) in [6.07, 6.45) is 1.60. The van der Waals surface area contributed by atoms with Gasteiger partial charge in [0.2, 0.25) is 15.9 Å². The highest BCUT2D eigenvalue weighted by atomic mass is 35.5. The van der Waals surface area contributed by atoms with E-state index >= 15 is 0 Å². The largest absolute Gasteiger partial charge is 0.326 e. The number of carbonyl (C=O) groups excluding carboxylic acids is 1. The molecule has 132 valence electrons. The van der Waals surface area contributed by atoms with Gasteiger partial charge < -0.3 is 5.32 Å². The molecular formula is C18H19ClN2O3S. The summed E-state index contributed by atoms with van der Waals surface area (Å²) in [7, 11) is -3.60. The van der Waals surface area contributed by atoms with Crippen LogP contribution in [0, 0.1) is 0 Å². The van der Waals surface area contributed by atoms with Crippen molar-refractivity contribution in [2.24, 2.45) is 0 Å². The van der Waals surface area contributed by atoms with Gasteiger partial charge in [0.1, 0.15) is 0 Å². The molecule has 0 aromatic heterocycles. The molecular weight excluding hydrogens is 360 g/mol. The van der Waals surface area contributed by atoms with Crippen molar-refractivity contribution in [2.45, 2.75) is 30.7 Å². The summed E-state index contributed by atoms with van der Waals surface area (Å²) in [6, 6.07) is 13.4. The summed E-state index contributed by atoms with van der Waals surface area (Å²) < 4.78 is 27.6. The minimum atomic E-state index is -3.60. The van der Waals surface area contributed by atoms with E-state index in [0.29, 0.717) is 17.3 Å². The van der Waals surface area contributed by atoms with Crippen LogP contribution in [0.15, 0.2) is 53.4 Å². The second-order valence-electron chi connectivity index (χ2n) is 6.03. The number of nitrogens with zero attached hydrogens (tertiary/aromatic N) is 1. The molecule has 7 heteroatoms. The molecule has 2 aromatic rings. The Labute approximate surface area is 152 Å². The molecule has 0 saturated carbocycles. The lowest BCUT2D eigenvalue weighted by Crippen LogP contribution is -2.30. The highest BCUT2D eigenvalue weighted by Crippen LogP contribution is 2.37. The van der Waals surface area contributed by atoms with Gasteiger partial charge in [0.15, 0.2) is 0 Å². The van der Waals surface area contributed by atoms with Crippen LogP contribution >= 0.6 is 11.6 Å². The van der Waals surface area contributed by atoms with Gasteiger partial charge in [-0.2, -0.15) is 4.31 Å². The summed E-state index contributed by atoms with van der Waals surface area (Å²) in [5, 5.41) is 3.26. The zero-order valence-electron chi connectivity index (χ0n) is 13.8. The molecule has 25 heavy (non-hydrogen) atoms. The zero-order chi connectivity index (χ0) is 18.0. The Morgan fingerprint density at radius 1 is 1.12 bits per heavy atom. The molecule has 1 amide bonds. The van der Waals surface area contributed by atoms with E-state index in [1.807, 2.05) is 12.1 Å². The van der Waals surface area contributed by atoms with Crippen LogP contribution < -0.4 is 5.32 Å². The van der Waals surface area contributed by atoms with Crippen LogP contribution in [0.5, 0.6) is 0 Å². The molecule has 1 heterocycles. The van der Waals surface area contributed by atoms with Gasteiger partial charge >= 0.3 is 0 Å². The van der Waals surface area contributed by atoms with E-state index in [-0.39, 0.29) is 16.8 Å². The van der Waals surface area contributed by atoms with Crippen LogP contribution in [0.2, 0.25) is 5.02 Å². The summed E-state index contributed by atoms with van der Waals surface area (Å²) in [5.41, 5.74) is 1.52. The van der Waals surface area contributed by atoms with Crippen molar-refractivity contribution in [3.8, 4) is 0 Å². The number of amides is 1. The fourth-order valence-corrected chi connectivity index (χ4v) is 4.90. The van der Waals surface area contributed by atoms with E-state index in [9.17, 15) is 13.2 Å². The Hall–Kier alpha value is -1.89. The van der Waals surface area contributed by atoms with E-state index in [0.717, 1.165) is 18.4 Å². The third-order valence-corrected chi connectivity index (χ3v) is 6.41. The van der Waals surface area contributed by atoms with Crippen LogP contribution in [0.4, 0.5) is 5.69 Å². The number of carbonyl (C=O) groups is 1. The maximum absolute atomic E-state index is 13.0. The van der Waals surface area contributed by atoms with Gasteiger partial charge in [-0.3, -0.25) is 4.79 Å². The predicted molar refractivity (Wildman–Crippen MR) is 98.1 cm³/mol. The van der Waals surface area contributed by atoms with Crippen molar-refractivity contribution in [2.75, 3.05) is 11.9 Å². The van der Waals surface area contributed by atoms with Crippen molar-refractivity contribution >= 4 is 33.2 Å². The van der Waals surface area contributed by atoms with Crippen LogP contribution in [0.25, 0.3) is 0 Å². The van der Waals surface area contributed by atoms with Crippen molar-refractivity contribution in [3.05, 3.63) is 59.1 Å². The van der Waals surface area contributed by atoms with Gasteiger partial charge in [-0.05, 0) is 54.8 Å². The Kier molecular flexibility index (Phi) is 5.13. The molecule has 5 nitrogen and oxygen atoms in total. The molecule has 0 unspecified atom stereocenters. The molecule has 0 bridgehead atoms. The molecule has 1 aliphatic heterocycles. The van der Waals surface area contributed by atoms with Crippen molar-refractivity contribution in [3.63, 3.8) is 0 Å². The lowest BCUT2D eigenvalue weighted by atomic mass is 10.1. The van der Waals surface area contributed by atoms with Crippen LogP contribution in [-0.4, -0.2) is 25.2 Å². The van der Waals surface area contributed by atoms with E-state index in [2.05, 4.69) is 5.32 Å². The van der Waals surface area contributed by atoms with E-state index in [4.69, 9.17) is 11.6 Å². The second kappa shape index (κ2) is 7.15. The average Bonchev–Trinajstić information content (AvgIpc) is 3.06. The smallest absolute Gasteiger partial charge is 0.243 e. The zero-order valence-corrected chi connectivity index (χ0v) is 15.3. The number of sulfonamides is 1. The number of benzene rings is 2. The summed E-state index contributed by atoms with van der Waals surface area (Å²) in [5.74, 6) is -0.196. The van der Waals surface area contributed by atoms with E-state index < -0.39 is 10.0 Å². The number of rotatable bonds is 4. The number of halogens is 1. The normalized spacial score (nSPS) is 18.2. The van der Waals surface area contributed by atoms with Crippen LogP contribution in [-0.2, 0) is 14.8 Å². The first kappa shape index (κ1) is 17.9. The van der Waals surface area contributed by atoms with Crippen molar-refractivity contribution < 1.29 is 13.2 Å². The minimum Gasteiger partial charge on any atom is -0.326 e. The lowest BCUT2D eigenvalue weighted by Gasteiger charge is -2.24. The molecule has 0 radical (unpaired) electrons. The predicted octanol–water partition coefficient (Wildman–Crippen LogP) is 3.82. The Balaban J connectivity index is 1.87. The van der Waals surface area contributed by atoms with Gasteiger partial charge in [-0.1, -0.05) is 23.7 Å². The first-order chi connectivity index (χ1) is 11.9. The highest BCUT2D eigenvalue weighted by Gasteiger charge is 2.36. The Morgan fingerprint density at radius 2 is 1.76 bits per heavy atom. The maximum atomic E-state index is 13.0. The molecule has 1 saturated heterocycles. The minimum absolute atomic E-state index is 0.183. The second-order valence-corrected chi connectivity index (χ2v) is 8.36. The summed E-state index contributed by atoms with van der Waals surface area (Å²) in [4.78, 5) is 11.3. The third-order valence-electron chi connectivity index (χ3n) is 4.24. The summed E-state index contributed by atoms with van der Waals surface area (Å²) >= 11 is 5.93. The highest BCUT2D eigenvalue weighted by molar-refractivity contribution is 7.89. The number of hydrogen-bond acceptors (Lipinski definition) is 3. The Morgan fingerprint density at radius 3 is 2.36 bits per heavy atom. The van der Waals surface area contributed by atoms with Crippen LogP contribution in [0.3, 0.4) is 0 Å². The van der Waals surface area contributed by atoms with Gasteiger partial charge in [0.05, 0.1) is 10.9 Å². The third kappa shape index (κ3) is 3.86. The van der Waals surface area contributed by atoms with Gasteiger partial charge in [0, 0.05) is 24.2 Å². The number of anilines is 1. The monoisotopic (exact) mass is 378 g/mol. The molecule has 1 atom stereocenters. The van der Waals surface area contributed by atoms with Crippen LogP contribution in [0.1, 0.15) is 31.4 Å². The SMILES string of the molecule is CC(=O)Nc1ccc(S(=O)(=O)N2CCC[C@H]2c2ccc(Cl)cc2)cc1. The molecule has 2 aromatic carbocycles. The van der Waals surface area contributed by atoms with Gasteiger partial charge in [-0.15, -0.1) is 0 Å². The summed E-state index contributed by atoms with van der Waals surface area (Å²) in [6.45, 7) is 1.90. The standard InChI is InChI=1S/C18H19ClN2O3S/c1-13(22)20-16-8-10-17(11-9-16)25(23,24)21-12-2-3-18(21)14-4-6-15(19)7-5-14/h4-11,18H,2-3,12H2,1H3,(H,20,22)/t18-/m0/s1. The number of hydrogen-bond donors (Lipinski definition) is 1. The lowest BCUT2D eigenvalue weighted by molar-refractivity contribution is -0.114. The molecule has 1 N–H and O–H groups in total. The molecule has 1 aliphatic rings. The molecule has 1 fully saturated rings. The molecule has 0 aliphatic carbocycles. The van der Waals surface area contributed by atoms with Crippen molar-refractivity contribution in [1.82, 2.24) is 4.31 Å². The molecule has 3 rings (SSSR count). The molecule has 0 spiro atoms. The van der Waals surface area contributed by atoms with Crippen molar-refractivity contribution in [1.29, 1.82) is 0 Å². The first-order valence-corrected chi connectivity index (χ1v) is 9.85. The first-order valence-electron chi connectivity index (χ1n) is 8.03. The van der Waals surface area contributed by atoms with Gasteiger partial charge in [-0.25, -0.2) is 8.42 Å². The number of nitrogens with one attached hydrogen (secondary N) is 1. The van der Waals surface area contributed by atoms with Gasteiger partial charge in [0.25, 0.3) is 0 Å². The quantitative estimate of drug-likeness (QED) is 0.879. The van der Waals surface area contributed by atoms with E-state index in [1.54, 1.807) is 28.6 Å². The fraction of sp³-hybridized carbons (Fsp3) is 0.278. The topological polar surface area (TPSA) is 66.5 Å². The average molecular weight is 379 g/mol.